The molecule has 0 unspecified atom stereocenters. The molecule has 5 heteroatoms. The smallest absolute Gasteiger partial charge is 0.200 e. The Hall–Kier alpha value is -0.650. The molecule has 0 N–H and O–H groups in total. The number of thioether (sulfide) groups is 1. The van der Waals surface area contributed by atoms with E-state index in [4.69, 9.17) is 9.47 Å². The van der Waals surface area contributed by atoms with Crippen LogP contribution in [0.1, 0.15) is 49.9 Å². The van der Waals surface area contributed by atoms with Gasteiger partial charge in [0.1, 0.15) is 5.82 Å². The highest BCUT2D eigenvalue weighted by Crippen LogP contribution is 2.29. The van der Waals surface area contributed by atoms with Gasteiger partial charge in [-0.1, -0.05) is 19.3 Å². The molecule has 1 aliphatic carbocycles. The Morgan fingerprint density at radius 3 is 2.68 bits per heavy atom. The average Bonchev–Trinajstić information content (AvgIpc) is 2.48. The minimum absolute atomic E-state index is 0.401. The van der Waals surface area contributed by atoms with Crippen molar-refractivity contribution in [1.29, 1.82) is 0 Å². The molecular weight excluding hydrogens is 260 g/mol. The molecule has 0 aliphatic heterocycles. The maximum atomic E-state index is 5.22. The molecule has 1 fully saturated rings. The van der Waals surface area contributed by atoms with Gasteiger partial charge >= 0.3 is 0 Å². The minimum atomic E-state index is -0.401. The van der Waals surface area contributed by atoms with Gasteiger partial charge in [-0.25, -0.2) is 9.97 Å². The highest BCUT2D eigenvalue weighted by molar-refractivity contribution is 7.99. The topological polar surface area (TPSA) is 44.2 Å². The minimum Gasteiger partial charge on any atom is -0.350 e. The zero-order valence-electron chi connectivity index (χ0n) is 11.7. The van der Waals surface area contributed by atoms with Crippen LogP contribution in [-0.2, 0) is 15.2 Å². The first kappa shape index (κ1) is 14.8. The van der Waals surface area contributed by atoms with Crippen LogP contribution in [0.25, 0.3) is 0 Å². The predicted octanol–water partition coefficient (Wildman–Crippen LogP) is 3.33. The quantitative estimate of drug-likeness (QED) is 0.749. The molecule has 0 saturated heterocycles. The van der Waals surface area contributed by atoms with Crippen molar-refractivity contribution >= 4 is 11.8 Å². The van der Waals surface area contributed by atoms with Crippen molar-refractivity contribution in [2.24, 2.45) is 0 Å². The summed E-state index contributed by atoms with van der Waals surface area (Å²) in [6.45, 7) is 0. The van der Waals surface area contributed by atoms with Gasteiger partial charge in [0.2, 0.25) is 6.29 Å². The second-order valence-corrected chi connectivity index (χ2v) is 6.06. The third-order valence-corrected chi connectivity index (χ3v) is 4.76. The van der Waals surface area contributed by atoms with Gasteiger partial charge in [0.25, 0.3) is 0 Å². The summed E-state index contributed by atoms with van der Waals surface area (Å²) >= 11 is 1.98. The Balaban J connectivity index is 1.90. The first-order chi connectivity index (χ1) is 9.33. The van der Waals surface area contributed by atoms with Crippen LogP contribution in [0.15, 0.2) is 12.3 Å². The average molecular weight is 282 g/mol. The molecule has 0 spiro atoms. The van der Waals surface area contributed by atoms with Crippen molar-refractivity contribution in [2.75, 3.05) is 14.2 Å². The number of hydrogen-bond acceptors (Lipinski definition) is 5. The zero-order chi connectivity index (χ0) is 13.5. The van der Waals surface area contributed by atoms with Gasteiger partial charge in [0.15, 0.2) is 0 Å². The van der Waals surface area contributed by atoms with Gasteiger partial charge in [-0.15, -0.1) is 0 Å². The van der Waals surface area contributed by atoms with Crippen LogP contribution in [0, 0.1) is 0 Å². The van der Waals surface area contributed by atoms with Crippen molar-refractivity contribution in [1.82, 2.24) is 9.97 Å². The second-order valence-electron chi connectivity index (χ2n) is 4.77. The summed E-state index contributed by atoms with van der Waals surface area (Å²) in [5, 5.41) is 0.779. The number of nitrogens with zero attached hydrogens (tertiary/aromatic N) is 2. The monoisotopic (exact) mass is 282 g/mol. The molecule has 0 atom stereocenters. The van der Waals surface area contributed by atoms with Crippen molar-refractivity contribution in [3.8, 4) is 0 Å². The molecule has 1 heterocycles. The first-order valence-corrected chi connectivity index (χ1v) is 7.87. The summed E-state index contributed by atoms with van der Waals surface area (Å²) < 4.78 is 10.4. The van der Waals surface area contributed by atoms with E-state index in [2.05, 4.69) is 9.97 Å². The van der Waals surface area contributed by atoms with Crippen LogP contribution < -0.4 is 0 Å². The van der Waals surface area contributed by atoms with Crippen LogP contribution in [0.4, 0.5) is 0 Å². The molecule has 4 nitrogen and oxygen atoms in total. The summed E-state index contributed by atoms with van der Waals surface area (Å²) in [6.07, 6.45) is 8.19. The number of rotatable bonds is 6. The highest BCUT2D eigenvalue weighted by atomic mass is 32.2. The van der Waals surface area contributed by atoms with Crippen LogP contribution >= 0.6 is 11.8 Å². The largest absolute Gasteiger partial charge is 0.350 e. The molecule has 0 aromatic carbocycles. The lowest BCUT2D eigenvalue weighted by Crippen LogP contribution is -2.10. The summed E-state index contributed by atoms with van der Waals surface area (Å²) in [4.78, 5) is 8.85. The summed E-state index contributed by atoms with van der Waals surface area (Å²) in [7, 11) is 3.24. The fraction of sp³-hybridized carbons (Fsp3) is 0.714. The van der Waals surface area contributed by atoms with Crippen LogP contribution in [-0.4, -0.2) is 29.4 Å². The Kier molecular flexibility index (Phi) is 6.07. The van der Waals surface area contributed by atoms with Crippen molar-refractivity contribution in [3.63, 3.8) is 0 Å². The summed E-state index contributed by atoms with van der Waals surface area (Å²) in [5.74, 6) is 1.74. The van der Waals surface area contributed by atoms with E-state index in [0.717, 1.165) is 22.5 Å². The molecule has 1 saturated carbocycles. The molecule has 1 aromatic rings. The standard InChI is InChI=1S/C14H22N2O2S/c1-17-14(18-2)12-8-9-15-13(16-12)10-19-11-6-4-3-5-7-11/h8-9,11,14H,3-7,10H2,1-2H3. The van der Waals surface area contributed by atoms with Gasteiger partial charge in [0.05, 0.1) is 11.4 Å². The summed E-state index contributed by atoms with van der Waals surface area (Å²) in [6, 6.07) is 1.84. The Morgan fingerprint density at radius 1 is 1.26 bits per heavy atom. The lowest BCUT2D eigenvalue weighted by molar-refractivity contribution is -0.108. The fourth-order valence-electron chi connectivity index (χ4n) is 2.38. The Morgan fingerprint density at radius 2 is 2.00 bits per heavy atom. The van der Waals surface area contributed by atoms with E-state index in [1.165, 1.54) is 32.1 Å². The van der Waals surface area contributed by atoms with E-state index in [1.807, 2.05) is 17.8 Å². The third-order valence-electron chi connectivity index (χ3n) is 3.40. The van der Waals surface area contributed by atoms with Crippen LogP contribution in [0.2, 0.25) is 0 Å². The van der Waals surface area contributed by atoms with E-state index >= 15 is 0 Å². The van der Waals surface area contributed by atoms with Crippen LogP contribution in [0.3, 0.4) is 0 Å². The molecule has 0 radical (unpaired) electrons. The molecule has 1 aliphatic rings. The zero-order valence-corrected chi connectivity index (χ0v) is 12.5. The van der Waals surface area contributed by atoms with E-state index < -0.39 is 6.29 Å². The molecule has 1 aromatic heterocycles. The van der Waals surface area contributed by atoms with E-state index in [0.29, 0.717) is 0 Å². The maximum Gasteiger partial charge on any atom is 0.200 e. The third kappa shape index (κ3) is 4.44. The molecule has 0 bridgehead atoms. The summed E-state index contributed by atoms with van der Waals surface area (Å²) in [5.41, 5.74) is 0.791. The predicted molar refractivity (Wildman–Crippen MR) is 77.0 cm³/mol. The molecule has 0 amide bonds. The normalized spacial score (nSPS) is 17.0. The lowest BCUT2D eigenvalue weighted by Gasteiger charge is -2.20. The van der Waals surface area contributed by atoms with Crippen LogP contribution in [0.5, 0.6) is 0 Å². The number of hydrogen-bond donors (Lipinski definition) is 0. The molecule has 2 rings (SSSR count). The number of aromatic nitrogens is 2. The van der Waals surface area contributed by atoms with Gasteiger partial charge in [-0.05, 0) is 18.9 Å². The fourth-order valence-corrected chi connectivity index (χ4v) is 3.57. The van der Waals surface area contributed by atoms with Crippen molar-refractivity contribution < 1.29 is 9.47 Å². The number of ether oxygens (including phenoxy) is 2. The van der Waals surface area contributed by atoms with Gasteiger partial charge < -0.3 is 9.47 Å². The van der Waals surface area contributed by atoms with E-state index in [9.17, 15) is 0 Å². The van der Waals surface area contributed by atoms with Gasteiger partial charge in [0, 0.05) is 25.7 Å². The highest BCUT2D eigenvalue weighted by Gasteiger charge is 2.15. The Labute approximate surface area is 119 Å². The molecular formula is C14H22N2O2S. The first-order valence-electron chi connectivity index (χ1n) is 6.82. The SMILES string of the molecule is COC(OC)c1ccnc(CSC2CCCCC2)n1. The molecule has 19 heavy (non-hydrogen) atoms. The molecule has 106 valence electrons. The Bertz CT molecular complexity index is 379. The lowest BCUT2D eigenvalue weighted by atomic mass is 10.0. The maximum absolute atomic E-state index is 5.22. The van der Waals surface area contributed by atoms with Crippen molar-refractivity contribution in [2.45, 2.75) is 49.4 Å². The van der Waals surface area contributed by atoms with E-state index in [1.54, 1.807) is 20.4 Å². The second kappa shape index (κ2) is 7.82. The number of methoxy groups -OCH3 is 2. The van der Waals surface area contributed by atoms with Gasteiger partial charge in [-0.2, -0.15) is 11.8 Å². The van der Waals surface area contributed by atoms with Crippen molar-refractivity contribution in [3.05, 3.63) is 23.8 Å². The van der Waals surface area contributed by atoms with E-state index in [-0.39, 0.29) is 0 Å². The van der Waals surface area contributed by atoms with Gasteiger partial charge in [-0.3, -0.25) is 0 Å².